The van der Waals surface area contributed by atoms with E-state index in [1.807, 2.05) is 21.1 Å². The molecular formula is C14H22F2N2. The van der Waals surface area contributed by atoms with Gasteiger partial charge in [0.05, 0.1) is 0 Å². The van der Waals surface area contributed by atoms with Gasteiger partial charge in [-0.2, -0.15) is 0 Å². The van der Waals surface area contributed by atoms with Gasteiger partial charge in [-0.05, 0) is 65.2 Å². The van der Waals surface area contributed by atoms with E-state index >= 15 is 0 Å². The molecule has 1 unspecified atom stereocenters. The molecular weight excluding hydrogens is 234 g/mol. The second-order valence-electron chi connectivity index (χ2n) is 5.33. The Labute approximate surface area is 108 Å². The summed E-state index contributed by atoms with van der Waals surface area (Å²) in [5, 5.41) is 3.19. The number of halogens is 2. The number of benzene rings is 1. The van der Waals surface area contributed by atoms with E-state index in [4.69, 9.17) is 0 Å². The molecule has 0 aromatic heterocycles. The van der Waals surface area contributed by atoms with Crippen LogP contribution in [-0.4, -0.2) is 37.6 Å². The quantitative estimate of drug-likeness (QED) is 0.870. The Bertz CT molecular complexity index is 403. The van der Waals surface area contributed by atoms with E-state index in [2.05, 4.69) is 24.1 Å². The molecule has 0 radical (unpaired) electrons. The van der Waals surface area contributed by atoms with Crippen LogP contribution in [0.5, 0.6) is 0 Å². The molecule has 4 heteroatoms. The van der Waals surface area contributed by atoms with Gasteiger partial charge in [0, 0.05) is 11.6 Å². The monoisotopic (exact) mass is 256 g/mol. The van der Waals surface area contributed by atoms with E-state index < -0.39 is 5.82 Å². The predicted octanol–water partition coefficient (Wildman–Crippen LogP) is 2.44. The van der Waals surface area contributed by atoms with Gasteiger partial charge in [0.1, 0.15) is 11.6 Å². The molecule has 102 valence electrons. The molecule has 0 spiro atoms. The average molecular weight is 256 g/mol. The van der Waals surface area contributed by atoms with Crippen molar-refractivity contribution < 1.29 is 8.78 Å². The van der Waals surface area contributed by atoms with Crippen molar-refractivity contribution in [1.29, 1.82) is 0 Å². The summed E-state index contributed by atoms with van der Waals surface area (Å²) in [4.78, 5) is 2.07. The molecule has 1 aromatic carbocycles. The predicted molar refractivity (Wildman–Crippen MR) is 70.7 cm³/mol. The van der Waals surface area contributed by atoms with Crippen molar-refractivity contribution in [3.63, 3.8) is 0 Å². The van der Waals surface area contributed by atoms with Gasteiger partial charge < -0.3 is 10.2 Å². The molecule has 0 bridgehead atoms. The first kappa shape index (κ1) is 15.1. The minimum atomic E-state index is -0.399. The van der Waals surface area contributed by atoms with E-state index in [9.17, 15) is 8.78 Å². The van der Waals surface area contributed by atoms with Crippen molar-refractivity contribution >= 4 is 0 Å². The molecule has 0 aliphatic carbocycles. The maximum Gasteiger partial charge on any atom is 0.126 e. The third kappa shape index (κ3) is 3.27. The number of hydrogen-bond acceptors (Lipinski definition) is 2. The summed E-state index contributed by atoms with van der Waals surface area (Å²) in [7, 11) is 5.80. The summed E-state index contributed by atoms with van der Waals surface area (Å²) in [5.74, 6) is -0.755. The lowest BCUT2D eigenvalue weighted by Crippen LogP contribution is -2.55. The molecule has 1 N–H and O–H groups in total. The first-order valence-corrected chi connectivity index (χ1v) is 6.07. The zero-order valence-electron chi connectivity index (χ0n) is 11.7. The summed E-state index contributed by atoms with van der Waals surface area (Å²) < 4.78 is 26.8. The molecule has 0 saturated heterocycles. The molecule has 0 aliphatic heterocycles. The van der Waals surface area contributed by atoms with Crippen LogP contribution in [0, 0.1) is 11.6 Å². The van der Waals surface area contributed by atoms with Crippen LogP contribution in [0.25, 0.3) is 0 Å². The van der Waals surface area contributed by atoms with Crippen molar-refractivity contribution in [3.8, 4) is 0 Å². The highest BCUT2D eigenvalue weighted by molar-refractivity contribution is 5.20. The highest BCUT2D eigenvalue weighted by atomic mass is 19.1. The smallest absolute Gasteiger partial charge is 0.126 e. The zero-order chi connectivity index (χ0) is 13.9. The van der Waals surface area contributed by atoms with Crippen LogP contribution in [0.1, 0.15) is 19.4 Å². The number of nitrogens with one attached hydrogen (secondary N) is 1. The Balaban J connectivity index is 2.96. The Morgan fingerprint density at radius 3 is 2.39 bits per heavy atom. The van der Waals surface area contributed by atoms with E-state index in [1.165, 1.54) is 12.1 Å². The molecule has 1 aromatic rings. The van der Waals surface area contributed by atoms with Gasteiger partial charge in [0.25, 0.3) is 0 Å². The third-order valence-electron chi connectivity index (χ3n) is 3.79. The second kappa shape index (κ2) is 5.76. The first-order valence-electron chi connectivity index (χ1n) is 6.07. The van der Waals surface area contributed by atoms with Crippen LogP contribution in [0.15, 0.2) is 18.2 Å². The summed E-state index contributed by atoms with van der Waals surface area (Å²) in [6, 6.07) is 3.62. The minimum Gasteiger partial charge on any atom is -0.315 e. The molecule has 0 heterocycles. The van der Waals surface area contributed by atoms with E-state index in [0.717, 1.165) is 6.07 Å². The lowest BCUT2D eigenvalue weighted by Gasteiger charge is -2.40. The fraction of sp³-hybridized carbons (Fsp3) is 0.571. The number of hydrogen-bond donors (Lipinski definition) is 1. The molecule has 0 aliphatic rings. The number of likely N-dealkylation sites (N-methyl/N-ethyl adjacent to an activating group) is 2. The molecule has 2 nitrogen and oxygen atoms in total. The van der Waals surface area contributed by atoms with Crippen LogP contribution < -0.4 is 5.32 Å². The Kier molecular flexibility index (Phi) is 4.82. The van der Waals surface area contributed by atoms with Crippen LogP contribution in [0.4, 0.5) is 8.78 Å². The molecule has 0 fully saturated rings. The number of nitrogens with zero attached hydrogens (tertiary/aromatic N) is 1. The minimum absolute atomic E-state index is 0.0313. The maximum absolute atomic E-state index is 13.6. The van der Waals surface area contributed by atoms with Crippen LogP contribution in [-0.2, 0) is 6.42 Å². The summed E-state index contributed by atoms with van der Waals surface area (Å²) in [5.41, 5.74) is 0.248. The summed E-state index contributed by atoms with van der Waals surface area (Å²) in [6.45, 7) is 4.15. The van der Waals surface area contributed by atoms with Crippen LogP contribution >= 0.6 is 0 Å². The Hall–Kier alpha value is -1.00. The van der Waals surface area contributed by atoms with Gasteiger partial charge in [-0.1, -0.05) is 0 Å². The van der Waals surface area contributed by atoms with Crippen molar-refractivity contribution in [2.75, 3.05) is 21.1 Å². The molecule has 18 heavy (non-hydrogen) atoms. The molecule has 1 rings (SSSR count). The fourth-order valence-electron chi connectivity index (χ4n) is 1.94. The molecule has 0 saturated carbocycles. The van der Waals surface area contributed by atoms with Gasteiger partial charge in [0.15, 0.2) is 0 Å². The highest BCUT2D eigenvalue weighted by Gasteiger charge is 2.31. The van der Waals surface area contributed by atoms with E-state index in [1.54, 1.807) is 0 Å². The van der Waals surface area contributed by atoms with Crippen LogP contribution in [0.2, 0.25) is 0 Å². The van der Waals surface area contributed by atoms with Gasteiger partial charge >= 0.3 is 0 Å². The van der Waals surface area contributed by atoms with Gasteiger partial charge in [0.2, 0.25) is 0 Å². The van der Waals surface area contributed by atoms with Crippen LogP contribution in [0.3, 0.4) is 0 Å². The second-order valence-corrected chi connectivity index (χ2v) is 5.33. The van der Waals surface area contributed by atoms with E-state index in [0.29, 0.717) is 12.0 Å². The van der Waals surface area contributed by atoms with Crippen molar-refractivity contribution in [2.24, 2.45) is 0 Å². The maximum atomic E-state index is 13.6. The lowest BCUT2D eigenvalue weighted by atomic mass is 9.88. The third-order valence-corrected chi connectivity index (χ3v) is 3.79. The normalized spacial score (nSPS) is 14.0. The van der Waals surface area contributed by atoms with Gasteiger partial charge in [-0.15, -0.1) is 0 Å². The van der Waals surface area contributed by atoms with Crippen molar-refractivity contribution in [2.45, 2.75) is 31.8 Å². The fourth-order valence-corrected chi connectivity index (χ4v) is 1.94. The first-order chi connectivity index (χ1) is 8.28. The largest absolute Gasteiger partial charge is 0.315 e. The van der Waals surface area contributed by atoms with Crippen molar-refractivity contribution in [1.82, 2.24) is 10.2 Å². The molecule has 1 atom stereocenters. The molecule has 0 amide bonds. The van der Waals surface area contributed by atoms with Gasteiger partial charge in [-0.3, -0.25) is 0 Å². The zero-order valence-corrected chi connectivity index (χ0v) is 11.7. The SMILES string of the molecule is CNC(Cc1cc(F)ccc1F)C(C)(C)N(C)C. The highest BCUT2D eigenvalue weighted by Crippen LogP contribution is 2.21. The summed E-state index contributed by atoms with van der Waals surface area (Å²) >= 11 is 0. The Morgan fingerprint density at radius 1 is 1.28 bits per heavy atom. The standard InChI is InChI=1S/C14H22F2N2/c1-14(2,18(4)5)13(17-3)9-10-8-11(15)6-7-12(10)16/h6-8,13,17H,9H2,1-5H3. The van der Waals surface area contributed by atoms with E-state index in [-0.39, 0.29) is 17.4 Å². The number of rotatable bonds is 5. The average Bonchev–Trinajstić information content (AvgIpc) is 2.29. The Morgan fingerprint density at radius 2 is 1.89 bits per heavy atom. The topological polar surface area (TPSA) is 15.3 Å². The van der Waals surface area contributed by atoms with Crippen molar-refractivity contribution in [3.05, 3.63) is 35.4 Å². The summed E-state index contributed by atoms with van der Waals surface area (Å²) in [6.07, 6.45) is 0.450. The van der Waals surface area contributed by atoms with Gasteiger partial charge in [-0.25, -0.2) is 8.78 Å². The lowest BCUT2D eigenvalue weighted by molar-refractivity contribution is 0.141.